The maximum absolute atomic E-state index is 12.4. The van der Waals surface area contributed by atoms with Crippen LogP contribution < -0.4 is 14.8 Å². The second-order valence-corrected chi connectivity index (χ2v) is 7.63. The van der Waals surface area contributed by atoms with Crippen LogP contribution in [0.1, 0.15) is 15.5 Å². The second kappa shape index (κ2) is 7.56. The molecule has 0 saturated heterocycles. The maximum atomic E-state index is 12.4. The van der Waals surface area contributed by atoms with E-state index in [1.807, 2.05) is 42.5 Å². The van der Waals surface area contributed by atoms with E-state index in [0.29, 0.717) is 43.4 Å². The van der Waals surface area contributed by atoms with E-state index in [1.165, 1.54) is 0 Å². The Morgan fingerprint density at radius 1 is 1.07 bits per heavy atom. The van der Waals surface area contributed by atoms with Crippen LogP contribution in [0, 0.1) is 0 Å². The molecule has 1 aliphatic heterocycles. The van der Waals surface area contributed by atoms with Gasteiger partial charge in [0.2, 0.25) is 0 Å². The molecule has 2 aromatic heterocycles. The average Bonchev–Trinajstić information content (AvgIpc) is 3.40. The largest absolute Gasteiger partial charge is 0.486 e. The van der Waals surface area contributed by atoms with Crippen LogP contribution in [0.4, 0.5) is 0 Å². The molecule has 0 saturated carbocycles. The van der Waals surface area contributed by atoms with E-state index in [-0.39, 0.29) is 11.6 Å². The molecule has 4 aromatic rings. The zero-order valence-corrected chi connectivity index (χ0v) is 16.2. The van der Waals surface area contributed by atoms with Crippen LogP contribution in [0.5, 0.6) is 11.5 Å². The van der Waals surface area contributed by atoms with Gasteiger partial charge >= 0.3 is 0 Å². The highest BCUT2D eigenvalue weighted by Crippen LogP contribution is 2.34. The molecule has 7 nitrogen and oxygen atoms in total. The number of hydrogen-bond acceptors (Lipinski definition) is 7. The number of benzene rings is 2. The standard InChI is InChI=1S/C21H17N3O4S/c25-21(22-8-7-20-23-14-3-1-2-4-19(14)29-20)15-12-17(28-24-15)13-5-6-16-18(11-13)27-10-9-26-16/h1-6,11-12H,7-10H2,(H,22,25). The van der Waals surface area contributed by atoms with Crippen molar-refractivity contribution >= 4 is 27.5 Å². The van der Waals surface area contributed by atoms with E-state index in [0.717, 1.165) is 20.8 Å². The Morgan fingerprint density at radius 2 is 1.93 bits per heavy atom. The van der Waals surface area contributed by atoms with Crippen LogP contribution in [0.3, 0.4) is 0 Å². The molecule has 1 amide bonds. The van der Waals surface area contributed by atoms with Crippen LogP contribution >= 0.6 is 11.3 Å². The molecule has 1 aliphatic rings. The fourth-order valence-electron chi connectivity index (χ4n) is 3.12. The number of nitrogens with zero attached hydrogens (tertiary/aromatic N) is 2. The number of amides is 1. The van der Waals surface area contributed by atoms with Gasteiger partial charge in [0.05, 0.1) is 15.2 Å². The fourth-order valence-corrected chi connectivity index (χ4v) is 4.08. The lowest BCUT2D eigenvalue weighted by molar-refractivity contribution is 0.0945. The van der Waals surface area contributed by atoms with Gasteiger partial charge < -0.3 is 19.3 Å². The van der Waals surface area contributed by atoms with Gasteiger partial charge in [-0.15, -0.1) is 11.3 Å². The second-order valence-electron chi connectivity index (χ2n) is 6.52. The van der Waals surface area contributed by atoms with Crippen molar-refractivity contribution in [3.05, 3.63) is 59.2 Å². The van der Waals surface area contributed by atoms with Crippen molar-refractivity contribution in [1.29, 1.82) is 0 Å². The van der Waals surface area contributed by atoms with Crippen molar-refractivity contribution in [1.82, 2.24) is 15.5 Å². The number of carbonyl (C=O) groups excluding carboxylic acids is 1. The van der Waals surface area contributed by atoms with Gasteiger partial charge in [-0.1, -0.05) is 17.3 Å². The lowest BCUT2D eigenvalue weighted by Crippen LogP contribution is -2.25. The lowest BCUT2D eigenvalue weighted by atomic mass is 10.1. The first-order valence-corrected chi connectivity index (χ1v) is 10.1. The van der Waals surface area contributed by atoms with E-state index in [9.17, 15) is 4.79 Å². The molecular weight excluding hydrogens is 390 g/mol. The van der Waals surface area contributed by atoms with E-state index >= 15 is 0 Å². The van der Waals surface area contributed by atoms with Gasteiger partial charge in [-0.25, -0.2) is 4.98 Å². The highest BCUT2D eigenvalue weighted by atomic mass is 32.1. The van der Waals surface area contributed by atoms with Crippen LogP contribution in [0.25, 0.3) is 21.5 Å². The number of fused-ring (bicyclic) bond motifs is 2. The summed E-state index contributed by atoms with van der Waals surface area (Å²) in [6.45, 7) is 1.52. The number of nitrogens with one attached hydrogen (secondary N) is 1. The smallest absolute Gasteiger partial charge is 0.273 e. The Morgan fingerprint density at radius 3 is 2.83 bits per heavy atom. The van der Waals surface area contributed by atoms with E-state index in [1.54, 1.807) is 17.4 Å². The van der Waals surface area contributed by atoms with Crippen molar-refractivity contribution in [2.24, 2.45) is 0 Å². The Hall–Kier alpha value is -3.39. The summed E-state index contributed by atoms with van der Waals surface area (Å²) in [5.74, 6) is 1.58. The van der Waals surface area contributed by atoms with Gasteiger partial charge in [-0.05, 0) is 30.3 Å². The zero-order chi connectivity index (χ0) is 19.6. The number of hydrogen-bond donors (Lipinski definition) is 1. The summed E-state index contributed by atoms with van der Waals surface area (Å²) >= 11 is 1.64. The first-order chi connectivity index (χ1) is 14.3. The third kappa shape index (κ3) is 3.66. The quantitative estimate of drug-likeness (QED) is 0.543. The molecule has 5 rings (SSSR count). The summed E-state index contributed by atoms with van der Waals surface area (Å²) in [5.41, 5.74) is 1.99. The topological polar surface area (TPSA) is 86.5 Å². The minimum Gasteiger partial charge on any atom is -0.486 e. The number of ether oxygens (including phenoxy) is 2. The number of thiazole rings is 1. The third-order valence-corrected chi connectivity index (χ3v) is 5.63. The Balaban J connectivity index is 1.22. The van der Waals surface area contributed by atoms with Crippen LogP contribution in [0.2, 0.25) is 0 Å². The SMILES string of the molecule is O=C(NCCc1nc2ccccc2s1)c1cc(-c2ccc3c(c2)OCCO3)on1. The Bertz CT molecular complexity index is 1150. The highest BCUT2D eigenvalue weighted by Gasteiger charge is 2.17. The van der Waals surface area contributed by atoms with Crippen molar-refractivity contribution in [2.45, 2.75) is 6.42 Å². The number of carbonyl (C=O) groups is 1. The van der Waals surface area contributed by atoms with E-state index in [2.05, 4.69) is 15.5 Å². The Kier molecular flexibility index (Phi) is 4.61. The van der Waals surface area contributed by atoms with Gasteiger partial charge in [0.1, 0.15) is 13.2 Å². The molecule has 1 N–H and O–H groups in total. The minimum absolute atomic E-state index is 0.235. The van der Waals surface area contributed by atoms with Gasteiger partial charge in [-0.2, -0.15) is 0 Å². The molecule has 0 atom stereocenters. The third-order valence-electron chi connectivity index (χ3n) is 4.53. The summed E-state index contributed by atoms with van der Waals surface area (Å²) < 4.78 is 17.6. The first kappa shape index (κ1) is 17.7. The van der Waals surface area contributed by atoms with Gasteiger partial charge in [0.15, 0.2) is 23.0 Å². The molecule has 0 fully saturated rings. The molecule has 0 radical (unpaired) electrons. The first-order valence-electron chi connectivity index (χ1n) is 9.26. The summed E-state index contributed by atoms with van der Waals surface area (Å²) in [7, 11) is 0. The number of rotatable bonds is 5. The molecule has 0 spiro atoms. The molecule has 0 aliphatic carbocycles. The molecule has 146 valence electrons. The molecule has 0 unspecified atom stereocenters. The number of para-hydroxylation sites is 1. The maximum Gasteiger partial charge on any atom is 0.273 e. The molecular formula is C21H17N3O4S. The molecule has 0 bridgehead atoms. The molecule has 29 heavy (non-hydrogen) atoms. The van der Waals surface area contributed by atoms with Crippen molar-refractivity contribution in [3.8, 4) is 22.8 Å². The predicted octanol–water partition coefficient (Wildman–Crippen LogP) is 3.70. The number of aromatic nitrogens is 2. The monoisotopic (exact) mass is 407 g/mol. The fraction of sp³-hybridized carbons (Fsp3) is 0.190. The molecule has 8 heteroatoms. The van der Waals surface area contributed by atoms with Crippen LogP contribution in [-0.2, 0) is 6.42 Å². The van der Waals surface area contributed by atoms with E-state index < -0.39 is 0 Å². The van der Waals surface area contributed by atoms with Gasteiger partial charge in [-0.3, -0.25) is 4.79 Å². The highest BCUT2D eigenvalue weighted by molar-refractivity contribution is 7.18. The van der Waals surface area contributed by atoms with E-state index in [4.69, 9.17) is 14.0 Å². The van der Waals surface area contributed by atoms with Crippen molar-refractivity contribution in [2.75, 3.05) is 19.8 Å². The van der Waals surface area contributed by atoms with Crippen LogP contribution in [0.15, 0.2) is 53.1 Å². The molecule has 2 aromatic carbocycles. The average molecular weight is 407 g/mol. The summed E-state index contributed by atoms with van der Waals surface area (Å²) in [4.78, 5) is 17.0. The minimum atomic E-state index is -0.279. The summed E-state index contributed by atoms with van der Waals surface area (Å²) in [5, 5.41) is 7.75. The van der Waals surface area contributed by atoms with Gasteiger partial charge in [0.25, 0.3) is 5.91 Å². The van der Waals surface area contributed by atoms with Crippen molar-refractivity contribution in [3.63, 3.8) is 0 Å². The van der Waals surface area contributed by atoms with Gasteiger partial charge in [0, 0.05) is 24.6 Å². The summed E-state index contributed by atoms with van der Waals surface area (Å²) in [6, 6.07) is 15.1. The Labute approximate surface area is 170 Å². The normalized spacial score (nSPS) is 12.8. The predicted molar refractivity (Wildman–Crippen MR) is 109 cm³/mol. The summed E-state index contributed by atoms with van der Waals surface area (Å²) in [6.07, 6.45) is 0.665. The van der Waals surface area contributed by atoms with Crippen LogP contribution in [-0.4, -0.2) is 35.8 Å². The van der Waals surface area contributed by atoms with Crippen molar-refractivity contribution < 1.29 is 18.8 Å². The lowest BCUT2D eigenvalue weighted by Gasteiger charge is -2.18. The molecule has 3 heterocycles. The zero-order valence-electron chi connectivity index (χ0n) is 15.4.